The number of nitrogens with one attached hydrogen (secondary N) is 1. The van der Waals surface area contributed by atoms with Crippen molar-refractivity contribution in [2.45, 2.75) is 90.5 Å². The van der Waals surface area contributed by atoms with Gasteiger partial charge in [0.05, 0.1) is 24.8 Å². The van der Waals surface area contributed by atoms with Crippen LogP contribution in [0.4, 0.5) is 5.69 Å². The van der Waals surface area contributed by atoms with Crippen LogP contribution in [0.3, 0.4) is 0 Å². The van der Waals surface area contributed by atoms with Gasteiger partial charge in [0.25, 0.3) is 5.91 Å². The number of unbranched alkanes of at least 4 members (excludes halogenated alkanes) is 11. The molecule has 2 aromatic carbocycles. The van der Waals surface area contributed by atoms with Crippen LogP contribution in [0.2, 0.25) is 0 Å². The molecule has 0 bridgehead atoms. The molecule has 1 amide bonds. The molecule has 0 fully saturated rings. The molecule has 1 N–H and O–H groups in total. The molecule has 3 rings (SSSR count). The second kappa shape index (κ2) is 21.2. The lowest BCUT2D eigenvalue weighted by Crippen LogP contribution is -3.00. The maximum absolute atomic E-state index is 12.7. The third-order valence-corrected chi connectivity index (χ3v) is 7.60. The molecular weight excluding hydrogens is 600 g/mol. The first-order valence-electron chi connectivity index (χ1n) is 14.9. The van der Waals surface area contributed by atoms with Gasteiger partial charge in [-0.3, -0.25) is 4.79 Å². The van der Waals surface area contributed by atoms with Crippen molar-refractivity contribution in [3.8, 4) is 17.2 Å². The van der Waals surface area contributed by atoms with E-state index in [1.54, 1.807) is 30.6 Å². The second-order valence-electron chi connectivity index (χ2n) is 10.2. The number of ether oxygens (including phenoxy) is 3. The van der Waals surface area contributed by atoms with Crippen molar-refractivity contribution in [1.29, 1.82) is 0 Å². The Labute approximate surface area is 261 Å². The molecule has 8 heteroatoms. The lowest BCUT2D eigenvalue weighted by atomic mass is 10.1. The summed E-state index contributed by atoms with van der Waals surface area (Å²) in [5, 5.41) is 5.01. The summed E-state index contributed by atoms with van der Waals surface area (Å²) in [6, 6.07) is 13.2. The van der Waals surface area contributed by atoms with Crippen LogP contribution in [0.15, 0.2) is 59.6 Å². The molecule has 6 nitrogen and oxygen atoms in total. The van der Waals surface area contributed by atoms with Gasteiger partial charge in [0.2, 0.25) is 5.51 Å². The maximum atomic E-state index is 12.7. The minimum absolute atomic E-state index is 0. The smallest absolute Gasteiger partial charge is 0.262 e. The number of amides is 1. The summed E-state index contributed by atoms with van der Waals surface area (Å²) >= 11 is 1.64. The number of anilines is 1. The van der Waals surface area contributed by atoms with Gasteiger partial charge in [-0.05, 0) is 24.6 Å². The monoisotopic (exact) mass is 646 g/mol. The summed E-state index contributed by atoms with van der Waals surface area (Å²) in [7, 11) is 1.63. The van der Waals surface area contributed by atoms with E-state index in [0.717, 1.165) is 17.7 Å². The summed E-state index contributed by atoms with van der Waals surface area (Å²) in [6.45, 7) is 3.51. The number of carbonyl (C=O) groups is 1. The van der Waals surface area contributed by atoms with Crippen LogP contribution in [0, 0.1) is 0 Å². The van der Waals surface area contributed by atoms with E-state index in [4.69, 9.17) is 14.2 Å². The van der Waals surface area contributed by atoms with Gasteiger partial charge in [-0.1, -0.05) is 107 Å². The van der Waals surface area contributed by atoms with Crippen molar-refractivity contribution in [3.63, 3.8) is 0 Å². The van der Waals surface area contributed by atoms with Crippen LogP contribution in [-0.2, 0) is 11.3 Å². The van der Waals surface area contributed by atoms with Gasteiger partial charge >= 0.3 is 0 Å². The van der Waals surface area contributed by atoms with Gasteiger partial charge in [-0.2, -0.15) is 4.57 Å². The van der Waals surface area contributed by atoms with Gasteiger partial charge in [0.15, 0.2) is 30.8 Å². The van der Waals surface area contributed by atoms with Crippen LogP contribution in [0.25, 0.3) is 0 Å². The number of hydrogen-bond acceptors (Lipinski definition) is 5. The fourth-order valence-electron chi connectivity index (χ4n) is 4.65. The van der Waals surface area contributed by atoms with E-state index in [2.05, 4.69) is 16.8 Å². The minimum atomic E-state index is -0.211. The van der Waals surface area contributed by atoms with Gasteiger partial charge in [-0.15, -0.1) is 0 Å². The summed E-state index contributed by atoms with van der Waals surface area (Å²) < 4.78 is 19.4. The summed E-state index contributed by atoms with van der Waals surface area (Å²) in [5.74, 6) is 1.66. The molecule has 0 radical (unpaired) electrons. The Morgan fingerprint density at radius 3 is 2.20 bits per heavy atom. The molecule has 0 saturated heterocycles. The first kappa shape index (κ1) is 34.6. The molecule has 0 saturated carbocycles. The minimum Gasteiger partial charge on any atom is -1.00 e. The van der Waals surface area contributed by atoms with Gasteiger partial charge < -0.3 is 36.5 Å². The molecule has 0 spiro atoms. The topological polar surface area (TPSA) is 60.7 Å². The highest BCUT2D eigenvalue weighted by Crippen LogP contribution is 2.31. The van der Waals surface area contributed by atoms with Gasteiger partial charge in [0.1, 0.15) is 5.75 Å². The largest absolute Gasteiger partial charge is 1.00 e. The number of halogens is 1. The van der Waals surface area contributed by atoms with Crippen molar-refractivity contribution < 1.29 is 40.6 Å². The highest BCUT2D eigenvalue weighted by molar-refractivity contribution is 7.07. The van der Waals surface area contributed by atoms with Crippen LogP contribution in [0.1, 0.15) is 89.5 Å². The highest BCUT2D eigenvalue weighted by Gasteiger charge is 2.12. The Bertz CT molecular complexity index is 1110. The van der Waals surface area contributed by atoms with Crippen molar-refractivity contribution in [1.82, 2.24) is 0 Å². The van der Waals surface area contributed by atoms with Crippen LogP contribution >= 0.6 is 11.3 Å². The van der Waals surface area contributed by atoms with Gasteiger partial charge in [0, 0.05) is 11.6 Å². The lowest BCUT2D eigenvalue weighted by Gasteiger charge is -2.13. The predicted octanol–water partition coefficient (Wildman–Crippen LogP) is 5.19. The van der Waals surface area contributed by atoms with Gasteiger partial charge in [-0.25, -0.2) is 0 Å². The third kappa shape index (κ3) is 13.8. The number of para-hydroxylation sites is 1. The lowest BCUT2D eigenvalue weighted by molar-refractivity contribution is -0.683. The second-order valence-corrected chi connectivity index (χ2v) is 11.0. The average Bonchev–Trinajstić information content (AvgIpc) is 3.49. The molecule has 0 unspecified atom stereocenters. The molecule has 0 aliphatic heterocycles. The fraction of sp³-hybridized carbons (Fsp3) is 0.515. The van der Waals surface area contributed by atoms with Crippen LogP contribution in [-0.4, -0.2) is 26.2 Å². The van der Waals surface area contributed by atoms with E-state index in [1.165, 1.54) is 70.6 Å². The van der Waals surface area contributed by atoms with E-state index in [1.807, 2.05) is 47.4 Å². The Hall–Kier alpha value is -2.58. The van der Waals surface area contributed by atoms with Crippen molar-refractivity contribution in [2.75, 3.05) is 25.6 Å². The van der Waals surface area contributed by atoms with E-state index in [0.29, 0.717) is 30.4 Å². The van der Waals surface area contributed by atoms with Crippen LogP contribution in [0.5, 0.6) is 17.2 Å². The number of aromatic nitrogens is 1. The number of nitrogens with zero attached hydrogens (tertiary/aromatic N) is 1. The molecular formula is C33H47BrN2O4S. The van der Waals surface area contributed by atoms with Crippen molar-refractivity contribution in [3.05, 3.63) is 65.1 Å². The Morgan fingerprint density at radius 1 is 0.854 bits per heavy atom. The first-order chi connectivity index (χ1) is 19.7. The van der Waals surface area contributed by atoms with E-state index in [-0.39, 0.29) is 29.5 Å². The number of hydrogen-bond donors (Lipinski definition) is 1. The molecule has 1 heterocycles. The normalized spacial score (nSPS) is 10.6. The standard InChI is InChI=1S/C33H46N2O4S.BrH/c1-3-4-5-6-7-8-9-10-11-12-13-16-22-38-32-24-29(19-20-31(32)37-2)39-26-33(36)34-30-18-15-14-17-28(30)25-35-21-23-40-27-35;/h14-15,17-21,23-24,27H,3-13,16,22,25-26H2,1-2H3;1H. The number of methoxy groups -OCH3 is 1. The zero-order valence-corrected chi connectivity index (χ0v) is 27.1. The Morgan fingerprint density at radius 2 is 1.54 bits per heavy atom. The molecule has 3 aromatic rings. The molecule has 226 valence electrons. The molecule has 0 atom stereocenters. The van der Waals surface area contributed by atoms with Crippen molar-refractivity contribution >= 4 is 22.9 Å². The molecule has 1 aromatic heterocycles. The summed E-state index contributed by atoms with van der Waals surface area (Å²) in [6.07, 6.45) is 17.8. The third-order valence-electron chi connectivity index (χ3n) is 6.93. The number of thiazole rings is 1. The number of rotatable bonds is 21. The van der Waals surface area contributed by atoms with E-state index < -0.39 is 0 Å². The number of benzene rings is 2. The van der Waals surface area contributed by atoms with Crippen molar-refractivity contribution in [2.24, 2.45) is 0 Å². The molecule has 0 aliphatic rings. The fourth-order valence-corrected chi connectivity index (χ4v) is 5.25. The average molecular weight is 648 g/mol. The van der Waals surface area contributed by atoms with Crippen LogP contribution < -0.4 is 41.1 Å². The maximum Gasteiger partial charge on any atom is 0.262 e. The highest BCUT2D eigenvalue weighted by atomic mass is 79.9. The SMILES string of the molecule is CCCCCCCCCCCCCCOc1cc(OCC(=O)Nc2ccccc2C[n+]2ccsc2)ccc1OC.[Br-]. The Kier molecular flexibility index (Phi) is 17.9. The Balaban J connectivity index is 0.00000588. The first-order valence-corrected chi connectivity index (χ1v) is 15.9. The number of carbonyl (C=O) groups excluding carboxylic acids is 1. The van der Waals surface area contributed by atoms with E-state index >= 15 is 0 Å². The quantitative estimate of drug-likeness (QED) is 0.128. The summed E-state index contributed by atoms with van der Waals surface area (Å²) in [5.41, 5.74) is 3.87. The molecule has 0 aliphatic carbocycles. The predicted molar refractivity (Wildman–Crippen MR) is 164 cm³/mol. The zero-order valence-electron chi connectivity index (χ0n) is 24.7. The molecule has 41 heavy (non-hydrogen) atoms. The van der Waals surface area contributed by atoms with E-state index in [9.17, 15) is 4.79 Å². The zero-order chi connectivity index (χ0) is 28.3. The summed E-state index contributed by atoms with van der Waals surface area (Å²) in [4.78, 5) is 12.7.